The maximum absolute atomic E-state index is 12.7. The summed E-state index contributed by atoms with van der Waals surface area (Å²) in [6, 6.07) is 23.5. The van der Waals surface area contributed by atoms with Gasteiger partial charge in [-0.25, -0.2) is 8.78 Å². The number of aryl methyl sites for hydroxylation is 1. The van der Waals surface area contributed by atoms with Gasteiger partial charge in [0.25, 0.3) is 11.8 Å². The molecule has 0 fully saturated rings. The summed E-state index contributed by atoms with van der Waals surface area (Å²) in [5, 5.41) is 14.5. The maximum atomic E-state index is 12.7. The smallest absolute Gasteiger partial charge is 0.270 e. The van der Waals surface area contributed by atoms with Crippen molar-refractivity contribution in [1.82, 2.24) is 10.3 Å². The number of nitrogens with zero attached hydrogens (tertiary/aromatic N) is 1. The predicted octanol–water partition coefficient (Wildman–Crippen LogP) is 7.32. The highest BCUT2D eigenvalue weighted by Gasteiger charge is 2.23. The van der Waals surface area contributed by atoms with E-state index in [-0.39, 0.29) is 24.1 Å². The molecule has 0 aliphatic carbocycles. The van der Waals surface area contributed by atoms with Crippen molar-refractivity contribution >= 4 is 16.7 Å². The fourth-order valence-corrected chi connectivity index (χ4v) is 4.05. The zero-order valence-corrected chi connectivity index (χ0v) is 21.7. The van der Waals surface area contributed by atoms with Crippen molar-refractivity contribution in [2.45, 2.75) is 52.0 Å². The zero-order valence-electron chi connectivity index (χ0n) is 21.7. The van der Waals surface area contributed by atoms with Crippen molar-refractivity contribution < 1.29 is 18.7 Å². The molecule has 3 aromatic carbocycles. The van der Waals surface area contributed by atoms with E-state index in [0.717, 1.165) is 23.6 Å². The van der Waals surface area contributed by atoms with E-state index in [2.05, 4.69) is 30.2 Å². The molecule has 4 aromatic rings. The summed E-state index contributed by atoms with van der Waals surface area (Å²) in [6.07, 6.45) is 2.11. The van der Waals surface area contributed by atoms with Gasteiger partial charge in [-0.05, 0) is 59.9 Å². The molecule has 1 amide bonds. The van der Waals surface area contributed by atoms with Crippen LogP contribution in [0.5, 0.6) is 0 Å². The molecule has 0 radical (unpaired) electrons. The first-order valence-corrected chi connectivity index (χ1v) is 12.4. The fourth-order valence-electron chi connectivity index (χ4n) is 4.05. The minimum atomic E-state index is -2.71. The van der Waals surface area contributed by atoms with E-state index in [1.54, 1.807) is 18.3 Å². The lowest BCUT2D eigenvalue weighted by atomic mass is 9.95. The van der Waals surface area contributed by atoms with Gasteiger partial charge in [0, 0.05) is 30.9 Å². The Morgan fingerprint density at radius 1 is 1.00 bits per heavy atom. The fraction of sp³-hybridized carbons (Fsp3) is 0.290. The molecular weight excluding hydrogens is 470 g/mol. The number of pyridine rings is 1. The molecule has 4 rings (SSSR count). The molecule has 0 aliphatic rings. The third-order valence-corrected chi connectivity index (χ3v) is 6.12. The number of hydrogen-bond acceptors (Lipinski definition) is 3. The Bertz CT molecular complexity index is 1300. The Kier molecular flexibility index (Phi) is 9.48. The number of aliphatic hydroxyl groups excluding tert-OH is 1. The minimum absolute atomic E-state index is 0.0169. The molecule has 4 nitrogen and oxygen atoms in total. The van der Waals surface area contributed by atoms with Gasteiger partial charge in [0.05, 0.1) is 11.7 Å². The molecular formula is C31H34F2N2O2. The third-order valence-electron chi connectivity index (χ3n) is 6.12. The average molecular weight is 505 g/mol. The van der Waals surface area contributed by atoms with Crippen LogP contribution in [-0.4, -0.2) is 22.6 Å². The van der Waals surface area contributed by atoms with Crippen molar-refractivity contribution in [1.29, 1.82) is 0 Å². The lowest BCUT2D eigenvalue weighted by molar-refractivity contribution is 0.0174. The van der Waals surface area contributed by atoms with Gasteiger partial charge in [-0.3, -0.25) is 9.78 Å². The van der Waals surface area contributed by atoms with Crippen LogP contribution in [0.15, 0.2) is 85.1 Å². The largest absolute Gasteiger partial charge is 0.396 e. The van der Waals surface area contributed by atoms with E-state index in [1.807, 2.05) is 55.5 Å². The third kappa shape index (κ3) is 7.67. The quantitative estimate of drug-likeness (QED) is 0.277. The standard InChI is InChI=1S/C22H24N2O2.C9H10F2/c1-15(2)18-7-5-6-16-14-17(9-10-19(16)18)22(26)24-21(11-13-25)20-8-3-4-12-23-20;1-7-3-5-8(6-4-7)9(2,10)11/h3-10,12,14-15,21,25H,11,13H2,1-2H3,(H,24,26);3-6H,1-2H3. The molecule has 0 saturated carbocycles. The normalized spacial score (nSPS) is 12.1. The van der Waals surface area contributed by atoms with Crippen LogP contribution < -0.4 is 5.32 Å². The SMILES string of the molecule is CC(C)c1cccc2cc(C(=O)NC(CCO)c3ccccn3)ccc12.Cc1ccc(C(C)(F)F)cc1. The first-order valence-electron chi connectivity index (χ1n) is 12.4. The Hall–Kier alpha value is -3.64. The Morgan fingerprint density at radius 2 is 1.73 bits per heavy atom. The van der Waals surface area contributed by atoms with Gasteiger partial charge in [-0.1, -0.05) is 74.0 Å². The summed E-state index contributed by atoms with van der Waals surface area (Å²) in [7, 11) is 0. The Morgan fingerprint density at radius 3 is 2.32 bits per heavy atom. The van der Waals surface area contributed by atoms with Crippen molar-refractivity contribution in [3.8, 4) is 0 Å². The number of carbonyl (C=O) groups is 1. The molecule has 1 heterocycles. The summed E-state index contributed by atoms with van der Waals surface area (Å²) in [5.74, 6) is -2.45. The van der Waals surface area contributed by atoms with Crippen LogP contribution in [0.2, 0.25) is 0 Å². The average Bonchev–Trinajstić information content (AvgIpc) is 2.88. The Balaban J connectivity index is 0.000000289. The van der Waals surface area contributed by atoms with Crippen LogP contribution in [0, 0.1) is 6.92 Å². The van der Waals surface area contributed by atoms with Gasteiger partial charge in [0.15, 0.2) is 0 Å². The molecule has 0 aliphatic heterocycles. The summed E-state index contributed by atoms with van der Waals surface area (Å²) >= 11 is 0. The van der Waals surface area contributed by atoms with Crippen molar-refractivity contribution in [3.63, 3.8) is 0 Å². The van der Waals surface area contributed by atoms with Gasteiger partial charge < -0.3 is 10.4 Å². The minimum Gasteiger partial charge on any atom is -0.396 e. The van der Waals surface area contributed by atoms with Crippen LogP contribution in [0.3, 0.4) is 0 Å². The van der Waals surface area contributed by atoms with Gasteiger partial charge in [-0.15, -0.1) is 0 Å². The van der Waals surface area contributed by atoms with E-state index >= 15 is 0 Å². The number of amides is 1. The highest BCUT2D eigenvalue weighted by Crippen LogP contribution is 2.27. The number of rotatable bonds is 7. The number of halogens is 2. The zero-order chi connectivity index (χ0) is 27.0. The van der Waals surface area contributed by atoms with Gasteiger partial charge in [0.2, 0.25) is 0 Å². The topological polar surface area (TPSA) is 62.2 Å². The molecule has 2 N–H and O–H groups in total. The second kappa shape index (κ2) is 12.5. The van der Waals surface area contributed by atoms with Crippen LogP contribution in [-0.2, 0) is 5.92 Å². The molecule has 1 aromatic heterocycles. The highest BCUT2D eigenvalue weighted by molar-refractivity contribution is 5.99. The number of aliphatic hydroxyl groups is 1. The molecule has 37 heavy (non-hydrogen) atoms. The Labute approximate surface area is 217 Å². The first kappa shape index (κ1) is 27.9. The van der Waals surface area contributed by atoms with Crippen molar-refractivity contribution in [2.24, 2.45) is 0 Å². The summed E-state index contributed by atoms with van der Waals surface area (Å²) < 4.78 is 25.2. The monoisotopic (exact) mass is 504 g/mol. The molecule has 6 heteroatoms. The number of aromatic nitrogens is 1. The first-order chi connectivity index (χ1) is 17.6. The molecule has 1 atom stereocenters. The molecule has 1 unspecified atom stereocenters. The van der Waals surface area contributed by atoms with Crippen LogP contribution in [0.25, 0.3) is 10.8 Å². The number of fused-ring (bicyclic) bond motifs is 1. The second-order valence-corrected chi connectivity index (χ2v) is 9.49. The van der Waals surface area contributed by atoms with Gasteiger partial charge in [-0.2, -0.15) is 0 Å². The van der Waals surface area contributed by atoms with Crippen LogP contribution in [0.4, 0.5) is 8.78 Å². The maximum Gasteiger partial charge on any atom is 0.270 e. The summed E-state index contributed by atoms with van der Waals surface area (Å²) in [4.78, 5) is 17.0. The van der Waals surface area contributed by atoms with Crippen molar-refractivity contribution in [3.05, 3.63) is 113 Å². The molecule has 0 saturated heterocycles. The van der Waals surface area contributed by atoms with E-state index in [9.17, 15) is 18.7 Å². The number of carbonyl (C=O) groups excluding carboxylic acids is 1. The van der Waals surface area contributed by atoms with E-state index in [4.69, 9.17) is 0 Å². The van der Waals surface area contributed by atoms with Gasteiger partial charge >= 0.3 is 0 Å². The number of hydrogen-bond donors (Lipinski definition) is 2. The van der Waals surface area contributed by atoms with Crippen LogP contribution in [0.1, 0.15) is 71.9 Å². The van der Waals surface area contributed by atoms with E-state index < -0.39 is 5.92 Å². The number of nitrogens with one attached hydrogen (secondary N) is 1. The predicted molar refractivity (Wildman–Crippen MR) is 145 cm³/mol. The highest BCUT2D eigenvalue weighted by atomic mass is 19.3. The number of benzene rings is 3. The molecule has 0 bridgehead atoms. The lowest BCUT2D eigenvalue weighted by Crippen LogP contribution is -2.29. The van der Waals surface area contributed by atoms with E-state index in [1.165, 1.54) is 23.1 Å². The van der Waals surface area contributed by atoms with E-state index in [0.29, 0.717) is 17.9 Å². The van der Waals surface area contributed by atoms with Gasteiger partial charge in [0.1, 0.15) is 0 Å². The summed E-state index contributed by atoms with van der Waals surface area (Å²) in [6.45, 7) is 7.09. The number of alkyl halides is 2. The molecule has 194 valence electrons. The second-order valence-electron chi connectivity index (χ2n) is 9.49. The molecule has 0 spiro atoms. The van der Waals surface area contributed by atoms with Crippen molar-refractivity contribution in [2.75, 3.05) is 6.61 Å². The van der Waals surface area contributed by atoms with Crippen LogP contribution >= 0.6 is 0 Å². The lowest BCUT2D eigenvalue weighted by Gasteiger charge is -2.18. The summed E-state index contributed by atoms with van der Waals surface area (Å²) in [5.41, 5.74) is 3.71.